The van der Waals surface area contributed by atoms with Crippen molar-refractivity contribution in [1.29, 1.82) is 0 Å². The van der Waals surface area contributed by atoms with Gasteiger partial charge in [-0.2, -0.15) is 0 Å². The van der Waals surface area contributed by atoms with Gasteiger partial charge in [0.1, 0.15) is 0 Å². The maximum absolute atomic E-state index is 12.3. The first-order valence-electron chi connectivity index (χ1n) is 4.55. The van der Waals surface area contributed by atoms with Gasteiger partial charge in [0.25, 0.3) is 0 Å². The molecule has 0 saturated carbocycles. The third-order valence-electron chi connectivity index (χ3n) is 2.22. The number of nitrogens with one attached hydrogen (secondary N) is 1. The molecule has 0 rings (SSSR count). The summed E-state index contributed by atoms with van der Waals surface area (Å²) in [5.41, 5.74) is -0.850. The lowest BCUT2D eigenvalue weighted by atomic mass is 9.71. The Morgan fingerprint density at radius 2 is 1.79 bits per heavy atom. The highest BCUT2D eigenvalue weighted by molar-refractivity contribution is 5.66. The molecule has 3 heteroatoms. The zero-order chi connectivity index (χ0) is 11.6. The topological polar surface area (TPSA) is 29.1 Å². The first kappa shape index (κ1) is 13.0. The van der Waals surface area contributed by atoms with Gasteiger partial charge in [0.2, 0.25) is 0 Å². The zero-order valence-corrected chi connectivity index (χ0v) is 9.44. The van der Waals surface area contributed by atoms with Gasteiger partial charge in [-0.25, -0.2) is 4.79 Å². The molecule has 0 aromatic heterocycles. The van der Waals surface area contributed by atoms with Crippen LogP contribution in [0.4, 0.5) is 9.18 Å². The van der Waals surface area contributed by atoms with Crippen molar-refractivity contribution in [2.75, 3.05) is 0 Å². The lowest BCUT2D eigenvalue weighted by Crippen LogP contribution is -2.51. The van der Waals surface area contributed by atoms with E-state index in [0.29, 0.717) is 0 Å². The number of amides is 1. The van der Waals surface area contributed by atoms with Crippen LogP contribution in [0.25, 0.3) is 0 Å². The second-order valence-corrected chi connectivity index (χ2v) is 5.08. The van der Waals surface area contributed by atoms with Gasteiger partial charge in [-0.15, -0.1) is 10.8 Å². The molecule has 0 radical (unpaired) electrons. The summed E-state index contributed by atoms with van der Waals surface area (Å²) >= 11 is 0. The van der Waals surface area contributed by atoms with E-state index in [1.807, 2.05) is 20.8 Å². The first-order valence-corrected chi connectivity index (χ1v) is 4.55. The predicted octanol–water partition coefficient (Wildman–Crippen LogP) is 2.74. The van der Waals surface area contributed by atoms with Crippen LogP contribution >= 0.6 is 0 Å². The molecule has 0 heterocycles. The Morgan fingerprint density at radius 1 is 1.36 bits per heavy atom. The fraction of sp³-hybridized carbons (Fsp3) is 0.727. The van der Waals surface area contributed by atoms with Crippen LogP contribution in [0.15, 0.2) is 0 Å². The standard InChI is InChI=1S/C11H18FNO/c1-7-11(5,6)8(10(2,3)4)13-9(12)14/h1,8H,2-6H3,(H,13,14). The van der Waals surface area contributed by atoms with Crippen molar-refractivity contribution in [2.24, 2.45) is 10.8 Å². The van der Waals surface area contributed by atoms with Crippen LogP contribution in [0.3, 0.4) is 0 Å². The fourth-order valence-electron chi connectivity index (χ4n) is 1.68. The van der Waals surface area contributed by atoms with Crippen molar-refractivity contribution >= 4 is 6.16 Å². The molecule has 0 aliphatic heterocycles. The summed E-state index contributed by atoms with van der Waals surface area (Å²) in [6.45, 7) is 9.34. The van der Waals surface area contributed by atoms with E-state index in [0.717, 1.165) is 0 Å². The van der Waals surface area contributed by atoms with Crippen molar-refractivity contribution < 1.29 is 9.18 Å². The monoisotopic (exact) mass is 199 g/mol. The Labute approximate surface area is 85.3 Å². The molecule has 1 atom stereocenters. The molecule has 0 aromatic carbocycles. The second kappa shape index (κ2) is 4.00. The van der Waals surface area contributed by atoms with E-state index >= 15 is 0 Å². The van der Waals surface area contributed by atoms with Crippen molar-refractivity contribution in [3.05, 3.63) is 0 Å². The second-order valence-electron chi connectivity index (χ2n) is 5.08. The lowest BCUT2D eigenvalue weighted by molar-refractivity contribution is 0.156. The summed E-state index contributed by atoms with van der Waals surface area (Å²) in [7, 11) is 0. The minimum absolute atomic E-state index is 0.280. The predicted molar refractivity (Wildman–Crippen MR) is 55.5 cm³/mol. The smallest absolute Gasteiger partial charge is 0.323 e. The molecule has 0 aliphatic carbocycles. The number of halogens is 1. The third kappa shape index (κ3) is 3.37. The number of carbonyl (C=O) groups is 1. The molecule has 0 spiro atoms. The minimum atomic E-state index is -1.53. The van der Waals surface area contributed by atoms with E-state index < -0.39 is 17.6 Å². The first-order chi connectivity index (χ1) is 6.11. The molecule has 1 unspecified atom stereocenters. The van der Waals surface area contributed by atoms with E-state index in [-0.39, 0.29) is 5.41 Å². The molecule has 80 valence electrons. The normalized spacial score (nSPS) is 14.4. The number of carbonyl (C=O) groups excluding carboxylic acids is 1. The minimum Gasteiger partial charge on any atom is -0.323 e. The zero-order valence-electron chi connectivity index (χ0n) is 9.44. The van der Waals surface area contributed by atoms with Gasteiger partial charge in [-0.3, -0.25) is 0 Å². The fourth-order valence-corrected chi connectivity index (χ4v) is 1.68. The number of rotatable bonds is 2. The number of terminal acetylenes is 1. The van der Waals surface area contributed by atoms with Crippen LogP contribution in [0, 0.1) is 23.2 Å². The van der Waals surface area contributed by atoms with Crippen LogP contribution in [0.5, 0.6) is 0 Å². The summed E-state index contributed by atoms with van der Waals surface area (Å²) in [4.78, 5) is 10.4. The van der Waals surface area contributed by atoms with Gasteiger partial charge in [0.15, 0.2) is 0 Å². The van der Waals surface area contributed by atoms with Crippen LogP contribution in [-0.4, -0.2) is 12.2 Å². The number of hydrogen-bond acceptors (Lipinski definition) is 1. The third-order valence-corrected chi connectivity index (χ3v) is 2.22. The maximum atomic E-state index is 12.3. The van der Waals surface area contributed by atoms with Crippen molar-refractivity contribution in [2.45, 2.75) is 40.7 Å². The lowest BCUT2D eigenvalue weighted by Gasteiger charge is -2.39. The molecule has 0 saturated heterocycles. The molecular weight excluding hydrogens is 181 g/mol. The molecule has 0 bridgehead atoms. The maximum Gasteiger partial charge on any atom is 0.397 e. The van der Waals surface area contributed by atoms with Gasteiger partial charge < -0.3 is 5.32 Å². The molecular formula is C11H18FNO. The van der Waals surface area contributed by atoms with E-state index in [2.05, 4.69) is 11.2 Å². The average molecular weight is 199 g/mol. The Hall–Kier alpha value is -1.04. The summed E-state index contributed by atoms with van der Waals surface area (Å²) in [5.74, 6) is 2.57. The van der Waals surface area contributed by atoms with Crippen molar-refractivity contribution in [3.8, 4) is 12.3 Å². The van der Waals surface area contributed by atoms with Crippen LogP contribution in [0.1, 0.15) is 34.6 Å². The highest BCUT2D eigenvalue weighted by Crippen LogP contribution is 2.33. The van der Waals surface area contributed by atoms with Gasteiger partial charge in [-0.1, -0.05) is 26.7 Å². The van der Waals surface area contributed by atoms with Crippen LogP contribution < -0.4 is 5.32 Å². The quantitative estimate of drug-likeness (QED) is 0.413. The summed E-state index contributed by atoms with van der Waals surface area (Å²) in [6, 6.07) is -0.391. The van der Waals surface area contributed by atoms with Gasteiger partial charge in [0, 0.05) is 5.41 Å². The molecule has 0 fully saturated rings. The largest absolute Gasteiger partial charge is 0.397 e. The average Bonchev–Trinajstić information content (AvgIpc) is 1.98. The van der Waals surface area contributed by atoms with Crippen molar-refractivity contribution in [1.82, 2.24) is 5.32 Å². The summed E-state index contributed by atoms with van der Waals surface area (Å²) in [6.07, 6.45) is 3.82. The molecule has 14 heavy (non-hydrogen) atoms. The summed E-state index contributed by atoms with van der Waals surface area (Å²) in [5, 5.41) is 2.26. The van der Waals surface area contributed by atoms with E-state index in [1.165, 1.54) is 0 Å². The highest BCUT2D eigenvalue weighted by atomic mass is 19.1. The SMILES string of the molecule is C#CC(C)(C)C(NC(=O)F)C(C)(C)C. The summed E-state index contributed by atoms with van der Waals surface area (Å²) < 4.78 is 12.3. The Morgan fingerprint density at radius 3 is 2.00 bits per heavy atom. The van der Waals surface area contributed by atoms with Crippen molar-refractivity contribution in [3.63, 3.8) is 0 Å². The molecule has 0 aromatic rings. The van der Waals surface area contributed by atoms with E-state index in [9.17, 15) is 9.18 Å². The van der Waals surface area contributed by atoms with Crippen LogP contribution in [-0.2, 0) is 0 Å². The van der Waals surface area contributed by atoms with E-state index in [1.54, 1.807) is 13.8 Å². The Kier molecular flexibility index (Phi) is 3.70. The molecule has 1 amide bonds. The molecule has 0 aliphatic rings. The Balaban J connectivity index is 4.94. The van der Waals surface area contributed by atoms with Gasteiger partial charge in [0.05, 0.1) is 6.04 Å². The Bertz CT molecular complexity index is 257. The van der Waals surface area contributed by atoms with Crippen LogP contribution in [0.2, 0.25) is 0 Å². The number of hydrogen-bond donors (Lipinski definition) is 1. The molecule has 2 nitrogen and oxygen atoms in total. The molecule has 1 N–H and O–H groups in total. The van der Waals surface area contributed by atoms with Gasteiger partial charge >= 0.3 is 6.16 Å². The highest BCUT2D eigenvalue weighted by Gasteiger charge is 2.38. The van der Waals surface area contributed by atoms with Gasteiger partial charge in [-0.05, 0) is 19.3 Å². The van der Waals surface area contributed by atoms with E-state index in [4.69, 9.17) is 6.42 Å².